The lowest BCUT2D eigenvalue weighted by atomic mass is 10.1. The van der Waals surface area contributed by atoms with Gasteiger partial charge in [0.25, 0.3) is 5.91 Å². The second-order valence-electron chi connectivity index (χ2n) is 4.94. The largest absolute Gasteiger partial charge is 0.507 e. The Hall–Kier alpha value is -2.79. The van der Waals surface area contributed by atoms with Gasteiger partial charge in [-0.05, 0) is 48.9 Å². The predicted octanol–water partition coefficient (Wildman–Crippen LogP) is 3.79. The number of para-hydroxylation sites is 1. The molecule has 2 rings (SSSR count). The first kappa shape index (κ1) is 17.6. The lowest BCUT2D eigenvalue weighted by Gasteiger charge is -2.05. The van der Waals surface area contributed by atoms with Crippen molar-refractivity contribution in [3.8, 4) is 11.5 Å². The summed E-state index contributed by atoms with van der Waals surface area (Å²) in [5.74, 6) is 0.142. The third-order valence-corrected chi connectivity index (χ3v) is 3.51. The highest BCUT2D eigenvalue weighted by Gasteiger charge is 2.11. The van der Waals surface area contributed by atoms with Crippen molar-refractivity contribution >= 4 is 29.8 Å². The van der Waals surface area contributed by atoms with E-state index in [-0.39, 0.29) is 11.3 Å². The van der Waals surface area contributed by atoms with Crippen LogP contribution in [-0.2, 0) is 0 Å². The fourth-order valence-corrected chi connectivity index (χ4v) is 2.20. The van der Waals surface area contributed by atoms with E-state index < -0.39 is 5.91 Å². The number of benzene rings is 2. The molecule has 0 radical (unpaired) electrons. The van der Waals surface area contributed by atoms with Gasteiger partial charge < -0.3 is 9.84 Å². The first-order chi connectivity index (χ1) is 11.5. The Labute approximate surface area is 145 Å². The smallest absolute Gasteiger partial charge is 0.275 e. The third kappa shape index (κ3) is 4.36. The number of phenolic OH excluding ortho intramolecular Hbond substituents is 1. The highest BCUT2D eigenvalue weighted by molar-refractivity contribution is 6.30. The Morgan fingerprint density at radius 3 is 2.88 bits per heavy atom. The molecule has 0 atom stereocenters. The number of ether oxygens (including phenoxy) is 1. The van der Waals surface area contributed by atoms with E-state index in [1.165, 1.54) is 12.3 Å². The summed E-state index contributed by atoms with van der Waals surface area (Å²) in [6.45, 7) is 1.72. The van der Waals surface area contributed by atoms with Crippen LogP contribution in [-0.4, -0.2) is 24.3 Å². The number of hydrazone groups is 1. The monoisotopic (exact) mass is 344 g/mol. The predicted molar refractivity (Wildman–Crippen MR) is 95.8 cm³/mol. The normalized spacial score (nSPS) is 11.1. The Balaban J connectivity index is 2.01. The first-order valence-corrected chi connectivity index (χ1v) is 7.53. The molecule has 0 heterocycles. The third-order valence-electron chi connectivity index (χ3n) is 3.28. The fraction of sp³-hybridized carbons (Fsp3) is 0.111. The Morgan fingerprint density at radius 2 is 2.12 bits per heavy atom. The second kappa shape index (κ2) is 8.17. The van der Waals surface area contributed by atoms with E-state index in [1.54, 1.807) is 56.5 Å². The molecule has 1 amide bonds. The lowest BCUT2D eigenvalue weighted by molar-refractivity contribution is 0.0952. The van der Waals surface area contributed by atoms with Crippen molar-refractivity contribution in [3.05, 3.63) is 64.2 Å². The topological polar surface area (TPSA) is 70.9 Å². The number of nitrogens with zero attached hydrogens (tertiary/aromatic N) is 1. The molecule has 2 aromatic carbocycles. The maximum Gasteiger partial charge on any atom is 0.275 e. The van der Waals surface area contributed by atoms with Gasteiger partial charge in [-0.15, -0.1) is 0 Å². The van der Waals surface area contributed by atoms with E-state index in [0.717, 1.165) is 5.56 Å². The number of halogens is 1. The van der Waals surface area contributed by atoms with Gasteiger partial charge in [-0.1, -0.05) is 23.7 Å². The van der Waals surface area contributed by atoms with E-state index in [2.05, 4.69) is 10.5 Å². The molecule has 0 fully saturated rings. The summed E-state index contributed by atoms with van der Waals surface area (Å²) in [4.78, 5) is 11.9. The maximum absolute atomic E-state index is 11.9. The summed E-state index contributed by atoms with van der Waals surface area (Å²) >= 11 is 5.95. The van der Waals surface area contributed by atoms with Gasteiger partial charge in [0.1, 0.15) is 11.5 Å². The van der Waals surface area contributed by atoms with Crippen LogP contribution in [0.5, 0.6) is 11.5 Å². The molecule has 0 spiro atoms. The molecule has 124 valence electrons. The number of aryl methyl sites for hydroxylation is 1. The number of amides is 1. The molecule has 2 N–H and O–H groups in total. The molecule has 0 saturated heterocycles. The Bertz CT molecular complexity index is 801. The molecule has 0 aromatic heterocycles. The van der Waals surface area contributed by atoms with Crippen LogP contribution in [0, 0.1) is 6.92 Å². The number of rotatable bonds is 5. The molecule has 0 bridgehead atoms. The summed E-state index contributed by atoms with van der Waals surface area (Å²) in [7, 11) is 1.57. The number of hydrogen-bond acceptors (Lipinski definition) is 4. The van der Waals surface area contributed by atoms with Gasteiger partial charge in [0, 0.05) is 16.8 Å². The average molecular weight is 345 g/mol. The zero-order valence-corrected chi connectivity index (χ0v) is 14.0. The SMILES string of the molecule is COc1ccc(Cl)cc1C=CC=NNC(=O)c1cccc(C)c1O. The van der Waals surface area contributed by atoms with Crippen molar-refractivity contribution in [2.45, 2.75) is 6.92 Å². The number of phenols is 1. The van der Waals surface area contributed by atoms with Gasteiger partial charge in [0.15, 0.2) is 0 Å². The van der Waals surface area contributed by atoms with Crippen LogP contribution >= 0.6 is 11.6 Å². The summed E-state index contributed by atoms with van der Waals surface area (Å²) < 4.78 is 5.23. The quantitative estimate of drug-likeness (QED) is 0.640. The Kier molecular flexibility index (Phi) is 5.98. The van der Waals surface area contributed by atoms with Crippen molar-refractivity contribution in [1.29, 1.82) is 0 Å². The molecule has 0 saturated carbocycles. The minimum atomic E-state index is -0.485. The number of aromatic hydroxyl groups is 1. The van der Waals surface area contributed by atoms with E-state index in [9.17, 15) is 9.90 Å². The zero-order valence-electron chi connectivity index (χ0n) is 13.3. The molecular weight excluding hydrogens is 328 g/mol. The van der Waals surface area contributed by atoms with E-state index in [1.807, 2.05) is 0 Å². The van der Waals surface area contributed by atoms with Crippen LogP contribution in [0.25, 0.3) is 6.08 Å². The van der Waals surface area contributed by atoms with Crippen LogP contribution in [0.3, 0.4) is 0 Å². The molecule has 0 aliphatic heterocycles. The number of nitrogens with one attached hydrogen (secondary N) is 1. The summed E-state index contributed by atoms with van der Waals surface area (Å²) in [6.07, 6.45) is 4.82. The van der Waals surface area contributed by atoms with Gasteiger partial charge >= 0.3 is 0 Å². The van der Waals surface area contributed by atoms with Gasteiger partial charge in [0.2, 0.25) is 0 Å². The van der Waals surface area contributed by atoms with Gasteiger partial charge in [-0.2, -0.15) is 5.10 Å². The molecular formula is C18H17ClN2O3. The molecule has 5 nitrogen and oxygen atoms in total. The van der Waals surface area contributed by atoms with Crippen LogP contribution in [0.1, 0.15) is 21.5 Å². The van der Waals surface area contributed by atoms with Crippen molar-refractivity contribution in [2.24, 2.45) is 5.10 Å². The number of methoxy groups -OCH3 is 1. The van der Waals surface area contributed by atoms with E-state index in [4.69, 9.17) is 16.3 Å². The Morgan fingerprint density at radius 1 is 1.33 bits per heavy atom. The summed E-state index contributed by atoms with van der Waals surface area (Å²) in [5.41, 5.74) is 3.94. The highest BCUT2D eigenvalue weighted by atomic mass is 35.5. The second-order valence-corrected chi connectivity index (χ2v) is 5.37. The molecule has 6 heteroatoms. The average Bonchev–Trinajstić information content (AvgIpc) is 2.57. The summed E-state index contributed by atoms with van der Waals surface area (Å²) in [6, 6.07) is 10.2. The van der Waals surface area contributed by atoms with Crippen LogP contribution in [0.15, 0.2) is 47.6 Å². The van der Waals surface area contributed by atoms with Crippen molar-refractivity contribution in [2.75, 3.05) is 7.11 Å². The molecule has 0 aliphatic rings. The van der Waals surface area contributed by atoms with Crippen molar-refractivity contribution in [3.63, 3.8) is 0 Å². The lowest BCUT2D eigenvalue weighted by Crippen LogP contribution is -2.17. The van der Waals surface area contributed by atoms with Crippen LogP contribution in [0.4, 0.5) is 0 Å². The standard InChI is InChI=1S/C18H17ClN2O3/c1-12-5-3-7-15(17(12)22)18(23)21-20-10-4-6-13-11-14(19)8-9-16(13)24-2/h3-11,22H,1-2H3,(H,21,23). The van der Waals surface area contributed by atoms with Crippen molar-refractivity contribution < 1.29 is 14.6 Å². The number of hydrogen-bond donors (Lipinski definition) is 2. The number of allylic oxidation sites excluding steroid dienone is 1. The fourth-order valence-electron chi connectivity index (χ4n) is 2.02. The minimum absolute atomic E-state index is 0.0515. The van der Waals surface area contributed by atoms with E-state index >= 15 is 0 Å². The number of carbonyl (C=O) groups is 1. The minimum Gasteiger partial charge on any atom is -0.507 e. The highest BCUT2D eigenvalue weighted by Crippen LogP contribution is 2.23. The van der Waals surface area contributed by atoms with Gasteiger partial charge in [-0.25, -0.2) is 5.43 Å². The molecule has 24 heavy (non-hydrogen) atoms. The maximum atomic E-state index is 11.9. The van der Waals surface area contributed by atoms with Crippen molar-refractivity contribution in [1.82, 2.24) is 5.43 Å². The molecule has 2 aromatic rings. The number of carbonyl (C=O) groups excluding carboxylic acids is 1. The van der Waals surface area contributed by atoms with Crippen LogP contribution in [0.2, 0.25) is 5.02 Å². The zero-order chi connectivity index (χ0) is 17.5. The molecule has 0 aliphatic carbocycles. The van der Waals surface area contributed by atoms with Gasteiger partial charge in [0.05, 0.1) is 12.7 Å². The van der Waals surface area contributed by atoms with E-state index in [0.29, 0.717) is 16.3 Å². The molecule has 0 unspecified atom stereocenters. The first-order valence-electron chi connectivity index (χ1n) is 7.15. The van der Waals surface area contributed by atoms with Gasteiger partial charge in [-0.3, -0.25) is 4.79 Å². The van der Waals surface area contributed by atoms with Crippen LogP contribution < -0.4 is 10.2 Å². The summed E-state index contributed by atoms with van der Waals surface area (Å²) in [5, 5.41) is 14.3.